The van der Waals surface area contributed by atoms with Gasteiger partial charge in [-0.25, -0.2) is 0 Å². The highest BCUT2D eigenvalue weighted by molar-refractivity contribution is 5.63. The molecule has 6 aliphatic rings. The van der Waals surface area contributed by atoms with Gasteiger partial charge in [0.25, 0.3) is 0 Å². The van der Waals surface area contributed by atoms with Gasteiger partial charge >= 0.3 is 0 Å². The zero-order valence-corrected chi connectivity index (χ0v) is 19.8. The van der Waals surface area contributed by atoms with Crippen molar-refractivity contribution < 1.29 is 19.7 Å². The Morgan fingerprint density at radius 2 is 1.90 bits per heavy atom. The largest absolute Gasteiger partial charge is 0.504 e. The molecule has 5 nitrogen and oxygen atoms in total. The van der Waals surface area contributed by atoms with Crippen molar-refractivity contribution in [3.63, 3.8) is 0 Å². The van der Waals surface area contributed by atoms with Crippen molar-refractivity contribution in [1.82, 2.24) is 4.90 Å². The molecule has 1 aromatic rings. The predicted octanol–water partition coefficient (Wildman–Crippen LogP) is 3.63. The Hall–Kier alpha value is -1.30. The smallest absolute Gasteiger partial charge is 0.165 e. The van der Waals surface area contributed by atoms with Crippen LogP contribution in [0, 0.1) is 16.7 Å². The second-order valence-corrected chi connectivity index (χ2v) is 12.3. The van der Waals surface area contributed by atoms with E-state index in [0.717, 1.165) is 38.6 Å². The number of phenolic OH excluding ortho intramolecular Hbond substituents is 1. The molecule has 0 amide bonds. The topological polar surface area (TPSA) is 62.2 Å². The Balaban J connectivity index is 1.66. The molecule has 0 radical (unpaired) electrons. The number of hydrogen-bond donors (Lipinski definition) is 2. The fourth-order valence-electron chi connectivity index (χ4n) is 8.86. The highest BCUT2D eigenvalue weighted by Crippen LogP contribution is 2.77. The molecule has 5 heteroatoms. The number of aliphatic hydroxyl groups is 1. The number of ether oxygens (including phenoxy) is 2. The van der Waals surface area contributed by atoms with Crippen LogP contribution in [-0.4, -0.2) is 59.2 Å². The number of phenols is 1. The maximum Gasteiger partial charge on any atom is 0.165 e. The second-order valence-electron chi connectivity index (χ2n) is 12.3. The van der Waals surface area contributed by atoms with E-state index in [9.17, 15) is 10.2 Å². The summed E-state index contributed by atoms with van der Waals surface area (Å²) in [6, 6.07) is 4.34. The molecular formula is C26H37NO4. The highest BCUT2D eigenvalue weighted by atomic mass is 16.6. The summed E-state index contributed by atoms with van der Waals surface area (Å²) in [7, 11) is 4.08. The van der Waals surface area contributed by atoms with E-state index in [1.54, 1.807) is 6.07 Å². The number of hydrogen-bond acceptors (Lipinski definition) is 5. The summed E-state index contributed by atoms with van der Waals surface area (Å²) in [6.07, 6.45) is 4.74. The minimum Gasteiger partial charge on any atom is -0.504 e. The molecule has 2 unspecified atom stereocenters. The molecule has 7 atom stereocenters. The predicted molar refractivity (Wildman–Crippen MR) is 119 cm³/mol. The lowest BCUT2D eigenvalue weighted by Crippen LogP contribution is -2.83. The van der Waals surface area contributed by atoms with E-state index >= 15 is 0 Å². The molecule has 7 rings (SSSR count). The van der Waals surface area contributed by atoms with Gasteiger partial charge in [-0.15, -0.1) is 0 Å². The third-order valence-corrected chi connectivity index (χ3v) is 10.8. The van der Waals surface area contributed by atoms with E-state index in [0.29, 0.717) is 11.8 Å². The van der Waals surface area contributed by atoms with E-state index in [2.05, 4.69) is 38.8 Å². The third-order valence-electron chi connectivity index (χ3n) is 10.8. The first-order valence-corrected chi connectivity index (χ1v) is 12.0. The van der Waals surface area contributed by atoms with Crippen LogP contribution in [0.15, 0.2) is 12.1 Å². The molecule has 2 heterocycles. The van der Waals surface area contributed by atoms with Crippen LogP contribution in [0.3, 0.4) is 0 Å². The van der Waals surface area contributed by atoms with E-state index in [1.807, 2.05) is 14.0 Å². The second kappa shape index (κ2) is 5.60. The molecule has 2 spiro atoms. The van der Waals surface area contributed by atoms with Crippen molar-refractivity contribution in [2.24, 2.45) is 16.7 Å². The Morgan fingerprint density at radius 3 is 2.58 bits per heavy atom. The highest BCUT2D eigenvalue weighted by Gasteiger charge is 2.82. The Bertz CT molecular complexity index is 967. The summed E-state index contributed by atoms with van der Waals surface area (Å²) in [5.41, 5.74) is 0.692. The average Bonchev–Trinajstić information content (AvgIpc) is 3.08. The number of rotatable bonds is 2. The lowest BCUT2D eigenvalue weighted by atomic mass is 9.33. The van der Waals surface area contributed by atoms with Crippen LogP contribution in [0.4, 0.5) is 0 Å². The van der Waals surface area contributed by atoms with Crippen molar-refractivity contribution in [3.05, 3.63) is 23.3 Å². The fraction of sp³-hybridized carbons (Fsp3) is 0.769. The maximum atomic E-state index is 12.0. The molecule has 4 fully saturated rings. The van der Waals surface area contributed by atoms with Crippen LogP contribution >= 0.6 is 0 Å². The number of nitrogens with zero attached hydrogens (tertiary/aromatic N) is 1. The van der Waals surface area contributed by atoms with E-state index in [4.69, 9.17) is 9.47 Å². The van der Waals surface area contributed by atoms with Gasteiger partial charge in [0.1, 0.15) is 11.7 Å². The number of likely N-dealkylation sites (N-methyl/N-ethyl adjacent to an activating group) is 1. The molecule has 31 heavy (non-hydrogen) atoms. The molecule has 170 valence electrons. The van der Waals surface area contributed by atoms with E-state index < -0.39 is 11.2 Å². The van der Waals surface area contributed by atoms with E-state index in [1.165, 1.54) is 11.1 Å². The standard InChI is InChI=1S/C26H37NO4/c1-22(2,3)23(4,29)17-14-24-9-10-26(17,30-6)21-25(24)11-12-27(5)18(24)13-15-7-8-16(28)20(31-21)19(15)25/h7-8,17-18,21,28-29H,9-14H2,1-6H3/t17-,18-,21-,23+,24?,25+,26?/m1/s1. The van der Waals surface area contributed by atoms with Gasteiger partial charge in [-0.2, -0.15) is 0 Å². The van der Waals surface area contributed by atoms with Crippen LogP contribution in [0.2, 0.25) is 0 Å². The first-order valence-electron chi connectivity index (χ1n) is 12.0. The zero-order chi connectivity index (χ0) is 22.2. The van der Waals surface area contributed by atoms with E-state index in [-0.39, 0.29) is 34.0 Å². The summed E-state index contributed by atoms with van der Waals surface area (Å²) >= 11 is 0. The lowest BCUT2D eigenvalue weighted by Gasteiger charge is -2.75. The summed E-state index contributed by atoms with van der Waals surface area (Å²) in [5, 5.41) is 22.9. The molecule has 1 aromatic carbocycles. The molecule has 2 N–H and O–H groups in total. The van der Waals surface area contributed by atoms with Crippen LogP contribution in [0.1, 0.15) is 64.5 Å². The van der Waals surface area contributed by atoms with Crippen LogP contribution in [-0.2, 0) is 16.6 Å². The summed E-state index contributed by atoms with van der Waals surface area (Å²) < 4.78 is 13.3. The first kappa shape index (κ1) is 20.3. The van der Waals surface area contributed by atoms with Crippen molar-refractivity contribution >= 4 is 0 Å². The average molecular weight is 428 g/mol. The normalized spacial score (nSPS) is 44.5. The van der Waals surface area contributed by atoms with Gasteiger partial charge in [0, 0.05) is 35.5 Å². The monoisotopic (exact) mass is 427 g/mol. The number of benzene rings is 1. The summed E-state index contributed by atoms with van der Waals surface area (Å²) in [5.74, 6) is 0.901. The lowest BCUT2D eigenvalue weighted by molar-refractivity contribution is -0.311. The summed E-state index contributed by atoms with van der Waals surface area (Å²) in [6.45, 7) is 9.44. The van der Waals surface area contributed by atoms with Crippen molar-refractivity contribution in [2.75, 3.05) is 20.7 Å². The molecule has 0 aromatic heterocycles. The summed E-state index contributed by atoms with van der Waals surface area (Å²) in [4.78, 5) is 2.56. The molecule has 2 aliphatic heterocycles. The quantitative estimate of drug-likeness (QED) is 0.755. The zero-order valence-electron chi connectivity index (χ0n) is 19.8. The van der Waals surface area contributed by atoms with Gasteiger partial charge in [-0.05, 0) is 69.7 Å². The van der Waals surface area contributed by atoms with Gasteiger partial charge < -0.3 is 24.6 Å². The van der Waals surface area contributed by atoms with Gasteiger partial charge in [0.15, 0.2) is 11.5 Å². The number of likely N-dealkylation sites (tertiary alicyclic amines) is 1. The van der Waals surface area contributed by atoms with Gasteiger partial charge in [0.2, 0.25) is 0 Å². The van der Waals surface area contributed by atoms with Gasteiger partial charge in [0.05, 0.1) is 5.60 Å². The van der Waals surface area contributed by atoms with Crippen LogP contribution in [0.25, 0.3) is 0 Å². The number of piperidine rings is 1. The number of methoxy groups -OCH3 is 1. The minimum absolute atomic E-state index is 0.0247. The third kappa shape index (κ3) is 1.94. The number of aromatic hydroxyl groups is 1. The minimum atomic E-state index is -0.911. The molecule has 4 bridgehead atoms. The van der Waals surface area contributed by atoms with Gasteiger partial charge in [-0.1, -0.05) is 26.8 Å². The van der Waals surface area contributed by atoms with Crippen LogP contribution < -0.4 is 4.74 Å². The number of fused-ring (bicyclic) bond motifs is 2. The molecule has 3 saturated carbocycles. The van der Waals surface area contributed by atoms with Crippen molar-refractivity contribution in [2.45, 2.75) is 88.6 Å². The van der Waals surface area contributed by atoms with Crippen molar-refractivity contribution in [3.8, 4) is 11.5 Å². The molecule has 4 aliphatic carbocycles. The first-order chi connectivity index (χ1) is 14.5. The molecular weight excluding hydrogens is 390 g/mol. The SMILES string of the molecule is COC12CCC3(C[C@@H]1[C@](C)(O)C(C)(C)C)[C@H]1Cc4ccc(O)c5c4[C@@]3(CCN1C)[C@H]2O5. The Labute approximate surface area is 185 Å². The van der Waals surface area contributed by atoms with Crippen LogP contribution in [0.5, 0.6) is 11.5 Å². The molecule has 1 saturated heterocycles. The fourth-order valence-corrected chi connectivity index (χ4v) is 8.86. The maximum absolute atomic E-state index is 12.0. The Kier molecular flexibility index (Phi) is 3.67. The van der Waals surface area contributed by atoms with Gasteiger partial charge in [-0.3, -0.25) is 0 Å². The Morgan fingerprint density at radius 1 is 1.16 bits per heavy atom. The van der Waals surface area contributed by atoms with Crippen molar-refractivity contribution in [1.29, 1.82) is 0 Å².